The van der Waals surface area contributed by atoms with Crippen LogP contribution in [0.2, 0.25) is 0 Å². The Kier molecular flexibility index (Phi) is 10.4. The van der Waals surface area contributed by atoms with Crippen LogP contribution >= 0.6 is 0 Å². The van der Waals surface area contributed by atoms with Crippen molar-refractivity contribution < 1.29 is 14.0 Å². The van der Waals surface area contributed by atoms with Crippen molar-refractivity contribution in [3.05, 3.63) is 65.2 Å². The van der Waals surface area contributed by atoms with E-state index < -0.39 is 0 Å². The summed E-state index contributed by atoms with van der Waals surface area (Å²) >= 11 is 0. The van der Waals surface area contributed by atoms with Gasteiger partial charge in [-0.3, -0.25) is 34.7 Å². The minimum atomic E-state index is -0.381. The lowest BCUT2D eigenvalue weighted by molar-refractivity contribution is -0.137. The highest BCUT2D eigenvalue weighted by molar-refractivity contribution is 6.00. The van der Waals surface area contributed by atoms with E-state index in [9.17, 15) is 9.59 Å². The highest BCUT2D eigenvalue weighted by atomic mass is 19.1. The molecule has 13 heteroatoms. The maximum absolute atomic E-state index is 16.0. The van der Waals surface area contributed by atoms with Crippen LogP contribution in [0.3, 0.4) is 0 Å². The van der Waals surface area contributed by atoms with Gasteiger partial charge in [0, 0.05) is 101 Å². The fourth-order valence-electron chi connectivity index (χ4n) is 11.0. The monoisotopic (exact) mass is 816 g/mol. The predicted octanol–water partition coefficient (Wildman–Crippen LogP) is 6.15. The standard InChI is InChI=1S/C47H61FN10O2/c1-46(2)29-54(25-31-12-18-56(19-13-31)41-23-38(49-30-50-41)44-35-22-33(24-47(3)14-15-47)4-6-37(35)52-53-44)20-21-58(46)26-32-10-16-55(17-11-32)39-7-5-34-27-57(28-36(34)43(39)48)40-8-9-42(59)51-45(40)60/h4-7,22-23,30-32,40H,8-21,24-29H2,1-3H3,(H,52,53)(H,51,59,60). The number of hydrogen-bond acceptors (Lipinski definition) is 10. The molecular weight excluding hydrogens is 756 g/mol. The molecule has 60 heavy (non-hydrogen) atoms. The molecule has 0 bridgehead atoms. The van der Waals surface area contributed by atoms with E-state index in [0.717, 1.165) is 125 Å². The van der Waals surface area contributed by atoms with Gasteiger partial charge in [-0.05, 0) is 112 Å². The number of halogens is 1. The van der Waals surface area contributed by atoms with E-state index in [4.69, 9.17) is 10.1 Å². The third-order valence-corrected chi connectivity index (χ3v) is 15.0. The van der Waals surface area contributed by atoms with Gasteiger partial charge in [0.05, 0.1) is 22.9 Å². The molecule has 318 valence electrons. The van der Waals surface area contributed by atoms with Crippen LogP contribution < -0.4 is 15.1 Å². The van der Waals surface area contributed by atoms with Gasteiger partial charge in [-0.2, -0.15) is 5.10 Å². The van der Waals surface area contributed by atoms with Gasteiger partial charge in [0.1, 0.15) is 17.8 Å². The molecule has 1 unspecified atom stereocenters. The molecule has 1 aliphatic carbocycles. The third-order valence-electron chi connectivity index (χ3n) is 15.0. The number of H-pyrrole nitrogens is 1. The summed E-state index contributed by atoms with van der Waals surface area (Å²) in [5, 5.41) is 11.5. The summed E-state index contributed by atoms with van der Waals surface area (Å²) in [6.45, 7) is 17.4. The van der Waals surface area contributed by atoms with Crippen LogP contribution in [-0.4, -0.2) is 117 Å². The number of piperidine rings is 3. The second kappa shape index (κ2) is 15.8. The Labute approximate surface area is 353 Å². The molecule has 6 aliphatic rings. The molecule has 0 spiro atoms. The van der Waals surface area contributed by atoms with Crippen LogP contribution in [0.25, 0.3) is 22.3 Å². The van der Waals surface area contributed by atoms with Crippen LogP contribution in [0.15, 0.2) is 42.7 Å². The Hall–Kier alpha value is -4.46. The topological polar surface area (TPSA) is 117 Å². The number of imide groups is 1. The number of anilines is 2. The normalized spacial score (nSPS) is 24.3. The summed E-state index contributed by atoms with van der Waals surface area (Å²) in [5.74, 6) is 1.64. The Bertz CT molecular complexity index is 2260. The van der Waals surface area contributed by atoms with Crippen LogP contribution in [0.4, 0.5) is 15.9 Å². The van der Waals surface area contributed by atoms with Crippen LogP contribution in [0, 0.1) is 23.1 Å². The van der Waals surface area contributed by atoms with Gasteiger partial charge in [-0.25, -0.2) is 14.4 Å². The van der Waals surface area contributed by atoms with Crippen molar-refractivity contribution >= 4 is 34.2 Å². The maximum atomic E-state index is 16.0. The van der Waals surface area contributed by atoms with E-state index in [0.29, 0.717) is 54.4 Å². The van der Waals surface area contributed by atoms with Crippen molar-refractivity contribution in [3.8, 4) is 11.4 Å². The molecule has 4 saturated heterocycles. The van der Waals surface area contributed by atoms with Gasteiger partial charge in [0.2, 0.25) is 11.8 Å². The van der Waals surface area contributed by atoms with E-state index in [-0.39, 0.29) is 29.2 Å². The first kappa shape index (κ1) is 39.7. The zero-order chi connectivity index (χ0) is 41.2. The number of hydrogen-bond donors (Lipinski definition) is 2. The Balaban J connectivity index is 0.687. The quantitative estimate of drug-likeness (QED) is 0.181. The van der Waals surface area contributed by atoms with Gasteiger partial charge < -0.3 is 9.80 Å². The molecule has 5 aliphatic heterocycles. The van der Waals surface area contributed by atoms with E-state index in [2.05, 4.69) is 80.0 Å². The lowest BCUT2D eigenvalue weighted by Crippen LogP contribution is -2.61. The summed E-state index contributed by atoms with van der Waals surface area (Å²) < 4.78 is 16.0. The molecule has 2 N–H and O–H groups in total. The van der Waals surface area contributed by atoms with Crippen molar-refractivity contribution in [2.75, 3.05) is 68.7 Å². The number of amides is 2. The largest absolute Gasteiger partial charge is 0.369 e. The molecule has 0 radical (unpaired) electrons. The first-order valence-electron chi connectivity index (χ1n) is 22.6. The number of rotatable bonds is 10. The van der Waals surface area contributed by atoms with Crippen molar-refractivity contribution in [2.24, 2.45) is 17.3 Å². The minimum Gasteiger partial charge on any atom is -0.369 e. The number of benzene rings is 2. The molecule has 4 aromatic rings. The van der Waals surface area contributed by atoms with Gasteiger partial charge >= 0.3 is 0 Å². The summed E-state index contributed by atoms with van der Waals surface area (Å²) in [6, 6.07) is 12.4. The zero-order valence-corrected chi connectivity index (χ0v) is 35.7. The number of carbonyl (C=O) groups is 2. The summed E-state index contributed by atoms with van der Waals surface area (Å²) in [7, 11) is 0. The molecule has 7 heterocycles. The average Bonchev–Trinajstić information content (AvgIpc) is 3.58. The molecule has 2 aromatic carbocycles. The fraction of sp³-hybridized carbons (Fsp3) is 0.596. The molecule has 2 aromatic heterocycles. The van der Waals surface area contributed by atoms with E-state index >= 15 is 4.39 Å². The van der Waals surface area contributed by atoms with Crippen molar-refractivity contribution in [3.63, 3.8) is 0 Å². The molecule has 1 atom stereocenters. The second-order valence-electron chi connectivity index (χ2n) is 20.0. The van der Waals surface area contributed by atoms with E-state index in [1.807, 2.05) is 17.0 Å². The van der Waals surface area contributed by atoms with Crippen LogP contribution in [0.5, 0.6) is 0 Å². The predicted molar refractivity (Wildman–Crippen MR) is 232 cm³/mol. The molecule has 1 saturated carbocycles. The Morgan fingerprint density at radius 1 is 0.833 bits per heavy atom. The number of piperazine rings is 1. The number of aromatic amines is 1. The number of nitrogens with one attached hydrogen (secondary N) is 2. The SMILES string of the molecule is CC1(Cc2ccc3[nH]nc(-c4cc(N5CCC(CN6CCN(CC7CCN(c8ccc9c(c8F)CN(C8CCC(=O)NC8=O)C9)CC7)C(C)(C)C6)CC5)ncn4)c3c2)CC1. The van der Waals surface area contributed by atoms with Crippen LogP contribution in [0.1, 0.15) is 88.8 Å². The summed E-state index contributed by atoms with van der Waals surface area (Å²) in [6.07, 6.45) is 10.7. The molecule has 12 nitrogen and oxygen atoms in total. The van der Waals surface area contributed by atoms with Crippen molar-refractivity contribution in [2.45, 2.75) is 103 Å². The molecule has 5 fully saturated rings. The smallest absolute Gasteiger partial charge is 0.243 e. The summed E-state index contributed by atoms with van der Waals surface area (Å²) in [5.41, 5.74) is 7.11. The minimum absolute atomic E-state index is 0.0982. The van der Waals surface area contributed by atoms with E-state index in [1.54, 1.807) is 6.33 Å². The van der Waals surface area contributed by atoms with Crippen molar-refractivity contribution in [1.82, 2.24) is 40.2 Å². The number of nitrogens with zero attached hydrogens (tertiary/aromatic N) is 8. The number of carbonyl (C=O) groups excluding carboxylic acids is 2. The highest BCUT2D eigenvalue weighted by Gasteiger charge is 2.39. The van der Waals surface area contributed by atoms with Gasteiger partial charge in [0.15, 0.2) is 5.82 Å². The Morgan fingerprint density at radius 3 is 2.35 bits per heavy atom. The number of fused-ring (bicyclic) bond motifs is 2. The Morgan fingerprint density at radius 2 is 1.60 bits per heavy atom. The van der Waals surface area contributed by atoms with Gasteiger partial charge in [-0.1, -0.05) is 19.1 Å². The van der Waals surface area contributed by atoms with E-state index in [1.165, 1.54) is 18.4 Å². The first-order valence-corrected chi connectivity index (χ1v) is 22.6. The summed E-state index contributed by atoms with van der Waals surface area (Å²) in [4.78, 5) is 45.7. The number of aromatic nitrogens is 4. The molecule has 2 amide bonds. The maximum Gasteiger partial charge on any atom is 0.243 e. The highest BCUT2D eigenvalue weighted by Crippen LogP contribution is 2.48. The molecule has 10 rings (SSSR count). The van der Waals surface area contributed by atoms with Crippen LogP contribution in [-0.2, 0) is 29.1 Å². The second-order valence-corrected chi connectivity index (χ2v) is 20.0. The zero-order valence-electron chi connectivity index (χ0n) is 35.7. The lowest BCUT2D eigenvalue weighted by Gasteiger charge is -2.50. The third kappa shape index (κ3) is 8.04. The molecular formula is C47H61FN10O2. The fourth-order valence-corrected chi connectivity index (χ4v) is 11.0. The van der Waals surface area contributed by atoms with Gasteiger partial charge in [0.25, 0.3) is 0 Å². The lowest BCUT2D eigenvalue weighted by atomic mass is 9.90. The van der Waals surface area contributed by atoms with Gasteiger partial charge in [-0.15, -0.1) is 0 Å². The van der Waals surface area contributed by atoms with Crippen molar-refractivity contribution in [1.29, 1.82) is 0 Å². The average molecular weight is 817 g/mol. The first-order chi connectivity index (χ1) is 29.0.